The molecule has 9 aliphatic heterocycles. The van der Waals surface area contributed by atoms with E-state index in [9.17, 15) is 57.5 Å². The van der Waals surface area contributed by atoms with Gasteiger partial charge in [0, 0.05) is 79.2 Å². The summed E-state index contributed by atoms with van der Waals surface area (Å²) in [6.07, 6.45) is 19.5. The van der Waals surface area contributed by atoms with Gasteiger partial charge >= 0.3 is 36.1 Å². The normalized spacial score (nSPS) is 25.9. The Morgan fingerprint density at radius 3 is 1.26 bits per heavy atom. The van der Waals surface area contributed by atoms with E-state index in [4.69, 9.17) is 28.4 Å². The zero-order valence-corrected chi connectivity index (χ0v) is 75.6. The van der Waals surface area contributed by atoms with Crippen LogP contribution < -0.4 is 37.2 Å². The molecule has 7 N–H and O–H groups in total. The molecule has 39 heteroatoms. The molecule has 0 radical (unpaired) electrons. The number of allylic oxidation sites excluding steroid dienone is 6. The van der Waals surface area contributed by atoms with Crippen LogP contribution in [0.3, 0.4) is 0 Å². The minimum Gasteiger partial charge on any atom is -0.460 e. The van der Waals surface area contributed by atoms with E-state index in [0.29, 0.717) is 124 Å². The molecule has 9 aliphatic rings. The van der Waals surface area contributed by atoms with Crippen LogP contribution in [0.5, 0.6) is 0 Å². The Morgan fingerprint density at radius 2 is 0.893 bits per heavy atom. The largest absolute Gasteiger partial charge is 0.460 e. The molecule has 0 fully saturated rings. The number of alkyl carbamates (subject to hydrolysis) is 1. The minimum absolute atomic E-state index is 0.0712. The zero-order valence-electron chi connectivity index (χ0n) is 70.5. The van der Waals surface area contributed by atoms with Gasteiger partial charge in [0.2, 0.25) is 35.4 Å². The number of cyclic esters (lactones) is 3. The molecule has 660 valence electrons. The number of imidazole rings is 1. The third kappa shape index (κ3) is 31.8. The highest BCUT2D eigenvalue weighted by Crippen LogP contribution is 2.37. The Bertz CT molecular complexity index is 4430. The standard InChI is InChI=1S/C28H36N6O6S2.C27H39N5O6S2.C27H38N4O6S2/c1-27(2,3)40-26(38)34-14-18(30-16-34)11-21-24(36)39-19(7-5-6-10-41)12-22(35)29-13-17-8-9-20(31-17)23-33-28(4,15-42-23)25(37)32-21;1-26(2,3)38-25(36)28-12-7-9-20-23(34)37-18(8-5-6-13-39)14-21(33)29-15-17-10-11-19(30-17)22-32-27(4,16-40-22)24(35)31-20;1-26(2,3)37-22(33)10-7-9-20-24(34)36-18(8-5-6-13-38)14-21(32)28-15-17-11-12-19(29-17)23-31-27(4,16-39-23)25(35)30-20/h5,7,9,14,16,19,21,41H,6,8,10-13,15H2,1-4H3,(H,29,35)(H,32,37);5,8,11,18,20,39H,6-7,9-10,12-16H2,1-4H3,(H,28,36)(H,29,33)(H,31,35);5,8,12,18,20,38H,6-7,9-11,13-16H2,1-4H3,(H,28,32)(H,30,35)/b7-5+;2*8-5+/t19-,21+,28+;2*18-,20+,27+/m111/s1. The predicted octanol–water partition coefficient (Wildman–Crippen LogP) is 8.27. The number of thiol groups is 3. The van der Waals surface area contributed by atoms with Gasteiger partial charge in [-0.3, -0.25) is 63.5 Å². The fourth-order valence-electron chi connectivity index (χ4n) is 12.3. The SMILES string of the molecule is CC(C)(C)OC(=O)CCC[C@@H]1NC(=O)[C@]2(C)CSC(=N2)C2=CCC(=N2)CNC(=O)C[C@@H](/C=C/CCS)OC1=O.CC(C)(C)OC(=O)NCCC[C@@H]1NC(=O)[C@]2(C)CSC(=N2)C2=CCC(=N2)CNC(=O)C[C@@H](/C=C/CCS)OC1=O.CC(C)(C)OC(=O)n1cnc(C[C@@H]2NC(=O)[C@]3(C)CSC(=N3)C3=CCC(=N3)CNC(=O)C[C@@H](/C=C/CCS)OC2=O)c1. The van der Waals surface area contributed by atoms with Crippen molar-refractivity contribution < 1.29 is 86.0 Å². The van der Waals surface area contributed by atoms with E-state index in [1.54, 1.807) is 120 Å². The van der Waals surface area contributed by atoms with Crippen LogP contribution in [0, 0.1) is 0 Å². The van der Waals surface area contributed by atoms with Gasteiger partial charge in [0.15, 0.2) is 0 Å². The fraction of sp³-hybridized carbons (Fsp3) is 0.598. The average Bonchev–Trinajstić information content (AvgIpc) is 1.66. The number of fused-ring (bicyclic) bond motifs is 9. The molecule has 0 unspecified atom stereocenters. The number of hydrogen-bond donors (Lipinski definition) is 10. The Hall–Kier alpha value is -8.79. The number of carbonyl (C=O) groups is 12. The number of hydrogen-bond acceptors (Lipinski definition) is 31. The zero-order chi connectivity index (χ0) is 88.5. The molecule has 0 aliphatic carbocycles. The van der Waals surface area contributed by atoms with Crippen molar-refractivity contribution in [1.82, 2.24) is 46.8 Å². The third-order valence-corrected chi connectivity index (χ3v) is 23.1. The molecule has 10 rings (SSSR count). The smallest absolute Gasteiger partial charge is 0.419 e. The van der Waals surface area contributed by atoms with E-state index in [1.807, 2.05) is 18.2 Å². The summed E-state index contributed by atoms with van der Waals surface area (Å²) >= 11 is 16.9. The van der Waals surface area contributed by atoms with Crippen LogP contribution >= 0.6 is 73.2 Å². The first-order valence-corrected chi connectivity index (χ1v) is 45.1. The molecule has 0 spiro atoms. The quantitative estimate of drug-likeness (QED) is 0.0205. The second kappa shape index (κ2) is 45.0. The van der Waals surface area contributed by atoms with Crippen molar-refractivity contribution in [1.29, 1.82) is 0 Å². The van der Waals surface area contributed by atoms with Gasteiger partial charge in [0.05, 0.1) is 61.7 Å². The van der Waals surface area contributed by atoms with E-state index < -0.39 is 124 Å². The van der Waals surface area contributed by atoms with Crippen LogP contribution in [0.2, 0.25) is 0 Å². The van der Waals surface area contributed by atoms with Gasteiger partial charge in [-0.1, -0.05) is 36.5 Å². The summed E-state index contributed by atoms with van der Waals surface area (Å²) in [5.74, 6) is -1.77. The number of nitrogens with zero attached hydrogens (tertiary/aromatic N) is 8. The number of carbonyl (C=O) groups excluding carboxylic acids is 12. The maximum atomic E-state index is 13.6. The highest BCUT2D eigenvalue weighted by molar-refractivity contribution is 8.15. The summed E-state index contributed by atoms with van der Waals surface area (Å²) < 4.78 is 34.4. The lowest BCUT2D eigenvalue weighted by Gasteiger charge is -2.25. The summed E-state index contributed by atoms with van der Waals surface area (Å²) in [5, 5.41) is 21.6. The van der Waals surface area contributed by atoms with E-state index >= 15 is 0 Å². The lowest BCUT2D eigenvalue weighted by molar-refractivity contribution is -0.156. The molecular formula is C82H113N15O18S6. The molecule has 1 aromatic heterocycles. The van der Waals surface area contributed by atoms with Crippen LogP contribution in [0.4, 0.5) is 9.59 Å². The molecule has 12 bridgehead atoms. The topological polar surface area (TPSA) is 436 Å². The van der Waals surface area contributed by atoms with E-state index in [-0.39, 0.29) is 88.8 Å². The van der Waals surface area contributed by atoms with Crippen molar-refractivity contribution >= 4 is 177 Å². The van der Waals surface area contributed by atoms with Gasteiger partial charge in [-0.25, -0.2) is 33.5 Å². The van der Waals surface area contributed by atoms with Gasteiger partial charge in [0.1, 0.15) is 91.3 Å². The van der Waals surface area contributed by atoms with Crippen LogP contribution in [-0.2, 0) is 82.8 Å². The Balaban J connectivity index is 0.000000226. The number of nitrogens with one attached hydrogen (secondary N) is 7. The minimum atomic E-state index is -1.17. The van der Waals surface area contributed by atoms with E-state index in [2.05, 4.69) is 110 Å². The molecule has 121 heavy (non-hydrogen) atoms. The summed E-state index contributed by atoms with van der Waals surface area (Å²) in [7, 11) is 0. The van der Waals surface area contributed by atoms with Crippen LogP contribution in [0.1, 0.15) is 179 Å². The summed E-state index contributed by atoms with van der Waals surface area (Å²) in [6.45, 7) is 22.0. The number of ether oxygens (including phenoxy) is 6. The Morgan fingerprint density at radius 1 is 0.529 bits per heavy atom. The van der Waals surface area contributed by atoms with Crippen molar-refractivity contribution in [3.8, 4) is 0 Å². The first-order chi connectivity index (χ1) is 57.1. The summed E-state index contributed by atoms with van der Waals surface area (Å²) in [6, 6.07) is -3.22. The third-order valence-electron chi connectivity index (χ3n) is 18.5. The monoisotopic (exact) mass is 1790 g/mol. The van der Waals surface area contributed by atoms with Crippen molar-refractivity contribution in [3.05, 3.63) is 90.0 Å². The molecule has 1 aromatic rings. The van der Waals surface area contributed by atoms with Gasteiger partial charge in [-0.15, -0.1) is 35.3 Å². The second-order valence-corrected chi connectivity index (χ2v) is 37.4. The van der Waals surface area contributed by atoms with Crippen molar-refractivity contribution in [2.45, 2.75) is 249 Å². The Kier molecular flexibility index (Phi) is 36.3. The molecule has 7 amide bonds. The highest BCUT2D eigenvalue weighted by atomic mass is 32.2. The van der Waals surface area contributed by atoms with Gasteiger partial charge in [-0.05, 0) is 164 Å². The first kappa shape index (κ1) is 97.7. The first-order valence-electron chi connectivity index (χ1n) is 40.2. The van der Waals surface area contributed by atoms with Crippen molar-refractivity contribution in [2.75, 3.05) is 60.7 Å². The molecule has 0 aromatic carbocycles. The molecule has 33 nitrogen and oxygen atoms in total. The van der Waals surface area contributed by atoms with Crippen LogP contribution in [0.15, 0.2) is 114 Å². The molecule has 10 heterocycles. The lowest BCUT2D eigenvalue weighted by atomic mass is 10.0. The highest BCUT2D eigenvalue weighted by Gasteiger charge is 2.46. The number of aromatic nitrogens is 2. The number of esters is 4. The maximum absolute atomic E-state index is 13.6. The molecule has 0 saturated carbocycles. The summed E-state index contributed by atoms with van der Waals surface area (Å²) in [5.41, 5.74) is -0.554. The number of thioether (sulfide) groups is 3. The van der Waals surface area contributed by atoms with E-state index in [0.717, 1.165) is 17.1 Å². The number of aliphatic imine (C=N–C) groups is 6. The van der Waals surface area contributed by atoms with Crippen molar-refractivity contribution in [3.63, 3.8) is 0 Å². The van der Waals surface area contributed by atoms with Crippen LogP contribution in [0.25, 0.3) is 0 Å². The predicted molar refractivity (Wildman–Crippen MR) is 477 cm³/mol. The van der Waals surface area contributed by atoms with Gasteiger partial charge in [0.25, 0.3) is 0 Å². The number of rotatable bonds is 19. The maximum Gasteiger partial charge on any atom is 0.419 e. The van der Waals surface area contributed by atoms with Gasteiger partial charge in [-0.2, -0.15) is 37.9 Å². The van der Waals surface area contributed by atoms with Crippen LogP contribution in [-0.4, -0.2) is 244 Å². The molecule has 9 atom stereocenters. The Labute approximate surface area is 734 Å². The van der Waals surface area contributed by atoms with Crippen molar-refractivity contribution in [2.24, 2.45) is 30.0 Å². The number of amides is 7. The van der Waals surface area contributed by atoms with Gasteiger partial charge < -0.3 is 65.6 Å². The fourth-order valence-corrected chi connectivity index (χ4v) is 16.2. The molecule has 0 saturated heterocycles. The second-order valence-electron chi connectivity index (χ2n) is 33.1. The lowest BCUT2D eigenvalue weighted by Crippen LogP contribution is -2.52. The summed E-state index contributed by atoms with van der Waals surface area (Å²) in [4.78, 5) is 188. The average molecular weight is 1790 g/mol. The van der Waals surface area contributed by atoms with E-state index in [1.165, 1.54) is 52.4 Å². The molecular weight excluding hydrogens is 1680 g/mol.